The Morgan fingerprint density at radius 1 is 1.16 bits per heavy atom. The highest BCUT2D eigenvalue weighted by Gasteiger charge is 2.22. The van der Waals surface area contributed by atoms with E-state index in [9.17, 15) is 9.59 Å². The zero-order valence-corrected chi connectivity index (χ0v) is 14.6. The van der Waals surface area contributed by atoms with E-state index in [1.54, 1.807) is 24.3 Å². The molecule has 0 saturated heterocycles. The van der Waals surface area contributed by atoms with Crippen molar-refractivity contribution < 1.29 is 14.4 Å². The number of nitrogens with one attached hydrogen (secondary N) is 2. The van der Waals surface area contributed by atoms with Crippen LogP contribution in [0.5, 0.6) is 0 Å². The fourth-order valence-corrected chi connectivity index (χ4v) is 3.05. The standard InChI is InChI=1S/C19H21N3O3/c1-11-12(2)20-16-5-4-6-17(18(11)16)22-25-19(24)21-15-9-7-14(8-10-15)13(3)23/h7-10,20H,4-6H2,1-3H3,(H,21,24)/b22-17+. The van der Waals surface area contributed by atoms with Crippen LogP contribution in [0.1, 0.15) is 52.6 Å². The minimum Gasteiger partial charge on any atom is -0.362 e. The number of fused-ring (bicyclic) bond motifs is 1. The van der Waals surface area contributed by atoms with Gasteiger partial charge in [-0.05, 0) is 69.9 Å². The van der Waals surface area contributed by atoms with Gasteiger partial charge in [-0.1, -0.05) is 5.16 Å². The molecule has 1 aliphatic rings. The molecule has 0 unspecified atom stereocenters. The van der Waals surface area contributed by atoms with Crippen molar-refractivity contribution in [3.05, 3.63) is 52.3 Å². The topological polar surface area (TPSA) is 83.6 Å². The summed E-state index contributed by atoms with van der Waals surface area (Å²) in [5.74, 6) is -0.0224. The summed E-state index contributed by atoms with van der Waals surface area (Å²) in [7, 11) is 0. The maximum Gasteiger partial charge on any atom is 0.437 e. The molecule has 2 aromatic rings. The first-order chi connectivity index (χ1) is 12.0. The number of hydrogen-bond donors (Lipinski definition) is 2. The summed E-state index contributed by atoms with van der Waals surface area (Å²) in [4.78, 5) is 31.6. The van der Waals surface area contributed by atoms with Gasteiger partial charge in [0, 0.05) is 28.2 Å². The molecule has 1 aromatic carbocycles. The number of Topliss-reactive ketones (excluding diaryl/α,β-unsaturated/α-hetero) is 1. The molecule has 25 heavy (non-hydrogen) atoms. The number of anilines is 1. The molecule has 0 fully saturated rings. The first kappa shape index (κ1) is 17.0. The van der Waals surface area contributed by atoms with Gasteiger partial charge in [-0.3, -0.25) is 14.9 Å². The molecule has 0 saturated carbocycles. The van der Waals surface area contributed by atoms with Gasteiger partial charge >= 0.3 is 6.09 Å². The van der Waals surface area contributed by atoms with Gasteiger partial charge in [0.15, 0.2) is 5.78 Å². The van der Waals surface area contributed by atoms with E-state index >= 15 is 0 Å². The lowest BCUT2D eigenvalue weighted by Crippen LogP contribution is -2.16. The molecule has 6 nitrogen and oxygen atoms in total. The molecule has 2 N–H and O–H groups in total. The van der Waals surface area contributed by atoms with E-state index in [2.05, 4.69) is 15.5 Å². The largest absolute Gasteiger partial charge is 0.437 e. The Morgan fingerprint density at radius 2 is 1.88 bits per heavy atom. The number of amides is 1. The van der Waals surface area contributed by atoms with E-state index in [1.807, 2.05) is 13.8 Å². The molecule has 1 aliphatic carbocycles. The molecule has 1 heterocycles. The number of benzene rings is 1. The molecule has 6 heteroatoms. The molecule has 0 spiro atoms. The van der Waals surface area contributed by atoms with Crippen LogP contribution in [0.4, 0.5) is 10.5 Å². The lowest BCUT2D eigenvalue weighted by atomic mass is 9.93. The van der Waals surface area contributed by atoms with Gasteiger partial charge in [-0.25, -0.2) is 4.79 Å². The summed E-state index contributed by atoms with van der Waals surface area (Å²) in [5.41, 5.74) is 6.43. The molecular weight excluding hydrogens is 318 g/mol. The molecule has 1 aromatic heterocycles. The fraction of sp³-hybridized carbons (Fsp3) is 0.316. The van der Waals surface area contributed by atoms with Crippen LogP contribution in [0.15, 0.2) is 29.4 Å². The number of H-pyrrole nitrogens is 1. The summed E-state index contributed by atoms with van der Waals surface area (Å²) < 4.78 is 0. The molecule has 0 atom stereocenters. The van der Waals surface area contributed by atoms with Crippen LogP contribution in [-0.4, -0.2) is 22.6 Å². The number of aryl methyl sites for hydroxylation is 2. The van der Waals surface area contributed by atoms with Gasteiger partial charge in [0.25, 0.3) is 0 Å². The molecule has 3 rings (SSSR count). The van der Waals surface area contributed by atoms with Crippen molar-refractivity contribution in [1.29, 1.82) is 0 Å². The Balaban J connectivity index is 1.68. The number of rotatable bonds is 3. The number of aromatic nitrogens is 1. The zero-order valence-electron chi connectivity index (χ0n) is 14.6. The van der Waals surface area contributed by atoms with Crippen LogP contribution in [0.25, 0.3) is 0 Å². The van der Waals surface area contributed by atoms with Crippen LogP contribution < -0.4 is 5.32 Å². The highest BCUT2D eigenvalue weighted by Crippen LogP contribution is 2.26. The van der Waals surface area contributed by atoms with Crippen molar-refractivity contribution in [3.8, 4) is 0 Å². The molecule has 0 aliphatic heterocycles. The monoisotopic (exact) mass is 339 g/mol. The number of nitrogens with zero attached hydrogens (tertiary/aromatic N) is 1. The van der Waals surface area contributed by atoms with Crippen LogP contribution in [0.3, 0.4) is 0 Å². The summed E-state index contributed by atoms with van der Waals surface area (Å²) in [6.45, 7) is 5.57. The third kappa shape index (κ3) is 3.63. The van der Waals surface area contributed by atoms with Crippen molar-refractivity contribution in [2.45, 2.75) is 40.0 Å². The molecule has 0 radical (unpaired) electrons. The van der Waals surface area contributed by atoms with Crippen molar-refractivity contribution in [3.63, 3.8) is 0 Å². The van der Waals surface area contributed by atoms with Crippen LogP contribution in [0, 0.1) is 13.8 Å². The second kappa shape index (κ2) is 6.93. The van der Waals surface area contributed by atoms with Crippen molar-refractivity contribution >= 4 is 23.3 Å². The average Bonchev–Trinajstić information content (AvgIpc) is 2.88. The third-order valence-electron chi connectivity index (χ3n) is 4.48. The normalized spacial score (nSPS) is 14.9. The van der Waals surface area contributed by atoms with E-state index in [0.717, 1.165) is 47.5 Å². The molecule has 1 amide bonds. The Bertz CT molecular complexity index is 848. The van der Waals surface area contributed by atoms with E-state index in [4.69, 9.17) is 4.84 Å². The molecule has 0 bridgehead atoms. The molecule has 130 valence electrons. The number of oxime groups is 1. The van der Waals surface area contributed by atoms with E-state index < -0.39 is 6.09 Å². The average molecular weight is 339 g/mol. The SMILES string of the molecule is CC(=O)c1ccc(NC(=O)O/N=C2\CCCc3[nH]c(C)c(C)c32)cc1. The van der Waals surface area contributed by atoms with Gasteiger partial charge < -0.3 is 4.98 Å². The lowest BCUT2D eigenvalue weighted by Gasteiger charge is -2.14. The highest BCUT2D eigenvalue weighted by molar-refractivity contribution is 6.04. The maximum atomic E-state index is 12.0. The first-order valence-corrected chi connectivity index (χ1v) is 8.30. The first-order valence-electron chi connectivity index (χ1n) is 8.30. The lowest BCUT2D eigenvalue weighted by molar-refractivity contribution is 0.101. The summed E-state index contributed by atoms with van der Waals surface area (Å²) >= 11 is 0. The van der Waals surface area contributed by atoms with Crippen LogP contribution >= 0.6 is 0 Å². The van der Waals surface area contributed by atoms with Gasteiger partial charge in [0.1, 0.15) is 0 Å². The Labute approximate surface area is 146 Å². The fourth-order valence-electron chi connectivity index (χ4n) is 3.05. The van der Waals surface area contributed by atoms with Gasteiger partial charge in [-0.2, -0.15) is 0 Å². The molecular formula is C19H21N3O3. The number of carbonyl (C=O) groups is 2. The van der Waals surface area contributed by atoms with E-state index in [0.29, 0.717) is 11.3 Å². The van der Waals surface area contributed by atoms with Gasteiger partial charge in [0.2, 0.25) is 0 Å². The Morgan fingerprint density at radius 3 is 2.56 bits per heavy atom. The van der Waals surface area contributed by atoms with Crippen molar-refractivity contribution in [2.75, 3.05) is 5.32 Å². The predicted octanol–water partition coefficient (Wildman–Crippen LogP) is 4.12. The third-order valence-corrected chi connectivity index (χ3v) is 4.48. The van der Waals surface area contributed by atoms with Crippen molar-refractivity contribution in [2.24, 2.45) is 5.16 Å². The summed E-state index contributed by atoms with van der Waals surface area (Å²) in [5, 5.41) is 6.68. The zero-order chi connectivity index (χ0) is 18.0. The van der Waals surface area contributed by atoms with E-state index in [-0.39, 0.29) is 5.78 Å². The Hall–Kier alpha value is -2.89. The van der Waals surface area contributed by atoms with E-state index in [1.165, 1.54) is 6.92 Å². The number of carbonyl (C=O) groups excluding carboxylic acids is 2. The quantitative estimate of drug-likeness (QED) is 0.501. The minimum absolute atomic E-state index is 0.0224. The summed E-state index contributed by atoms with van der Waals surface area (Å²) in [6, 6.07) is 6.62. The van der Waals surface area contributed by atoms with Crippen LogP contribution in [0.2, 0.25) is 0 Å². The number of hydrogen-bond acceptors (Lipinski definition) is 4. The van der Waals surface area contributed by atoms with Crippen molar-refractivity contribution in [1.82, 2.24) is 4.98 Å². The number of ketones is 1. The van der Waals surface area contributed by atoms with Gasteiger partial charge in [-0.15, -0.1) is 0 Å². The second-order valence-electron chi connectivity index (χ2n) is 6.26. The minimum atomic E-state index is -0.653. The number of aromatic amines is 1. The Kier molecular flexibility index (Phi) is 4.70. The van der Waals surface area contributed by atoms with Crippen LogP contribution in [-0.2, 0) is 11.3 Å². The second-order valence-corrected chi connectivity index (χ2v) is 6.26. The van der Waals surface area contributed by atoms with Gasteiger partial charge in [0.05, 0.1) is 5.71 Å². The predicted molar refractivity (Wildman–Crippen MR) is 96.3 cm³/mol. The smallest absolute Gasteiger partial charge is 0.362 e. The summed E-state index contributed by atoms with van der Waals surface area (Å²) in [6.07, 6.45) is 2.09. The maximum absolute atomic E-state index is 12.0. The highest BCUT2D eigenvalue weighted by atomic mass is 16.7.